The second-order valence-electron chi connectivity index (χ2n) is 6.14. The van der Waals surface area contributed by atoms with E-state index in [0.29, 0.717) is 0 Å². The molecule has 0 atom stereocenters. The lowest BCUT2D eigenvalue weighted by Gasteiger charge is -2.54. The highest BCUT2D eigenvalue weighted by atomic mass is 15.2. The normalized spacial score (nSPS) is 24.4. The molecule has 17 heavy (non-hydrogen) atoms. The number of hydrogen-bond donors (Lipinski definition) is 0. The maximum absolute atomic E-state index is 2.62. The van der Waals surface area contributed by atoms with Crippen LogP contribution in [0.4, 0.5) is 0 Å². The molecule has 0 aromatic carbocycles. The lowest BCUT2D eigenvalue weighted by Crippen LogP contribution is -2.60. The number of nitrogens with zero attached hydrogens (tertiary/aromatic N) is 2. The monoisotopic (exact) mass is 240 g/mol. The van der Waals surface area contributed by atoms with Crippen molar-refractivity contribution >= 4 is 0 Å². The maximum Gasteiger partial charge on any atom is 0.00513 e. The third kappa shape index (κ3) is 3.96. The van der Waals surface area contributed by atoms with E-state index in [9.17, 15) is 0 Å². The zero-order valence-electron chi connectivity index (χ0n) is 12.6. The Hall–Kier alpha value is -0.0800. The molecule has 0 N–H and O–H groups in total. The fourth-order valence-electron chi connectivity index (χ4n) is 2.96. The van der Waals surface area contributed by atoms with E-state index in [4.69, 9.17) is 0 Å². The van der Waals surface area contributed by atoms with Crippen molar-refractivity contribution in [2.45, 2.75) is 59.9 Å². The molecule has 2 saturated heterocycles. The van der Waals surface area contributed by atoms with Crippen LogP contribution in [0.1, 0.15) is 53.9 Å². The van der Waals surface area contributed by atoms with Gasteiger partial charge in [-0.25, -0.2) is 0 Å². The van der Waals surface area contributed by atoms with Gasteiger partial charge >= 0.3 is 0 Å². The van der Waals surface area contributed by atoms with Crippen LogP contribution in [0.15, 0.2) is 0 Å². The summed E-state index contributed by atoms with van der Waals surface area (Å²) in [5.41, 5.74) is 0.724. The van der Waals surface area contributed by atoms with Crippen LogP contribution in [0.25, 0.3) is 0 Å². The largest absolute Gasteiger partial charge is 0.302 e. The number of rotatable bonds is 2. The van der Waals surface area contributed by atoms with Crippen LogP contribution in [0.3, 0.4) is 0 Å². The Kier molecular flexibility index (Phi) is 5.94. The van der Waals surface area contributed by atoms with Crippen LogP contribution in [0.5, 0.6) is 0 Å². The Labute approximate surface area is 108 Å². The molecule has 0 radical (unpaired) electrons. The number of likely N-dealkylation sites (tertiary alicyclic amines) is 2. The van der Waals surface area contributed by atoms with E-state index in [-0.39, 0.29) is 0 Å². The van der Waals surface area contributed by atoms with Crippen molar-refractivity contribution in [3.05, 3.63) is 0 Å². The molecule has 2 nitrogen and oxygen atoms in total. The molecule has 0 unspecified atom stereocenters. The topological polar surface area (TPSA) is 6.48 Å². The zero-order chi connectivity index (χ0) is 12.9. The van der Waals surface area contributed by atoms with Crippen molar-refractivity contribution in [1.82, 2.24) is 9.80 Å². The van der Waals surface area contributed by atoms with E-state index in [2.05, 4.69) is 44.4 Å². The molecule has 0 aliphatic carbocycles. The van der Waals surface area contributed by atoms with Gasteiger partial charge in [0.25, 0.3) is 0 Å². The van der Waals surface area contributed by atoms with Gasteiger partial charge in [-0.15, -0.1) is 0 Å². The molecule has 2 heterocycles. The summed E-state index contributed by atoms with van der Waals surface area (Å²) >= 11 is 0. The van der Waals surface area contributed by atoms with Crippen LogP contribution >= 0.6 is 0 Å². The van der Waals surface area contributed by atoms with E-state index in [0.717, 1.165) is 11.5 Å². The zero-order valence-corrected chi connectivity index (χ0v) is 12.6. The van der Waals surface area contributed by atoms with E-state index in [1.54, 1.807) is 0 Å². The third-order valence-corrected chi connectivity index (χ3v) is 4.15. The fourth-order valence-corrected chi connectivity index (χ4v) is 2.96. The van der Waals surface area contributed by atoms with Crippen molar-refractivity contribution < 1.29 is 0 Å². The average molecular weight is 240 g/mol. The highest BCUT2D eigenvalue weighted by Crippen LogP contribution is 2.40. The summed E-state index contributed by atoms with van der Waals surface area (Å²) in [7, 11) is 0. The summed E-state index contributed by atoms with van der Waals surface area (Å²) in [5, 5.41) is 0. The van der Waals surface area contributed by atoms with Gasteiger partial charge in [-0.3, -0.25) is 0 Å². The first-order valence-electron chi connectivity index (χ1n) is 7.53. The van der Waals surface area contributed by atoms with E-state index >= 15 is 0 Å². The van der Waals surface area contributed by atoms with Gasteiger partial charge in [0.15, 0.2) is 0 Å². The molecule has 0 aromatic rings. The first-order valence-corrected chi connectivity index (χ1v) is 7.53. The van der Waals surface area contributed by atoms with Crippen molar-refractivity contribution in [2.75, 3.05) is 32.7 Å². The van der Waals surface area contributed by atoms with Gasteiger partial charge in [0, 0.05) is 19.1 Å². The summed E-state index contributed by atoms with van der Waals surface area (Å²) < 4.78 is 0. The van der Waals surface area contributed by atoms with Gasteiger partial charge in [-0.1, -0.05) is 27.2 Å². The van der Waals surface area contributed by atoms with Crippen LogP contribution in [0, 0.1) is 5.41 Å². The van der Waals surface area contributed by atoms with Gasteiger partial charge in [0.05, 0.1) is 0 Å². The molecule has 2 aliphatic heterocycles. The second-order valence-corrected chi connectivity index (χ2v) is 6.14. The molecule has 0 amide bonds. The first kappa shape index (κ1) is 15.0. The standard InChI is InChI=1S/C12H24N2.C3H8/c1-4-13-9-12(10-13)5-7-14(8-6-12)11(2)3;1-3-2/h11H,4-10H2,1-3H3;3H2,1-2H3. The molecule has 2 aliphatic rings. The van der Waals surface area contributed by atoms with Crippen LogP contribution in [-0.2, 0) is 0 Å². The minimum Gasteiger partial charge on any atom is -0.302 e. The Morgan fingerprint density at radius 1 is 1.00 bits per heavy atom. The molecule has 2 fully saturated rings. The Bertz CT molecular complexity index is 197. The summed E-state index contributed by atoms with van der Waals surface area (Å²) in [5.74, 6) is 0. The molecule has 102 valence electrons. The minimum atomic E-state index is 0.724. The summed E-state index contributed by atoms with van der Waals surface area (Å²) in [6.07, 6.45) is 4.11. The highest BCUT2D eigenvalue weighted by molar-refractivity contribution is 4.98. The quantitative estimate of drug-likeness (QED) is 0.731. The molecule has 0 aromatic heterocycles. The number of hydrogen-bond acceptors (Lipinski definition) is 2. The van der Waals surface area contributed by atoms with Crippen molar-refractivity contribution in [3.63, 3.8) is 0 Å². The first-order chi connectivity index (χ1) is 8.06. The van der Waals surface area contributed by atoms with Crippen LogP contribution in [0.2, 0.25) is 0 Å². The molecule has 0 bridgehead atoms. The molecule has 1 spiro atoms. The van der Waals surface area contributed by atoms with Gasteiger partial charge in [-0.05, 0) is 51.7 Å². The van der Waals surface area contributed by atoms with E-state index in [1.807, 2.05) is 0 Å². The fraction of sp³-hybridized carbons (Fsp3) is 1.00. The van der Waals surface area contributed by atoms with Crippen molar-refractivity contribution in [2.24, 2.45) is 5.41 Å². The number of piperidine rings is 1. The summed E-state index contributed by atoms with van der Waals surface area (Å²) in [4.78, 5) is 5.20. The Morgan fingerprint density at radius 3 is 1.82 bits per heavy atom. The third-order valence-electron chi connectivity index (χ3n) is 4.15. The van der Waals surface area contributed by atoms with Gasteiger partial charge in [0.2, 0.25) is 0 Å². The predicted octanol–water partition coefficient (Wildman–Crippen LogP) is 3.23. The minimum absolute atomic E-state index is 0.724. The smallest absolute Gasteiger partial charge is 0.00513 e. The Morgan fingerprint density at radius 2 is 1.47 bits per heavy atom. The van der Waals surface area contributed by atoms with E-state index in [1.165, 1.54) is 52.0 Å². The van der Waals surface area contributed by atoms with Crippen LogP contribution < -0.4 is 0 Å². The van der Waals surface area contributed by atoms with Gasteiger partial charge in [-0.2, -0.15) is 0 Å². The average Bonchev–Trinajstić information content (AvgIpc) is 2.27. The highest BCUT2D eigenvalue weighted by Gasteiger charge is 2.43. The molecule has 0 saturated carbocycles. The molecular weight excluding hydrogens is 208 g/mol. The maximum atomic E-state index is 2.62. The molecular formula is C15H32N2. The summed E-state index contributed by atoms with van der Waals surface area (Å²) in [6, 6.07) is 0.745. The lowest BCUT2D eigenvalue weighted by atomic mass is 9.72. The molecule has 2 heteroatoms. The van der Waals surface area contributed by atoms with Crippen molar-refractivity contribution in [1.29, 1.82) is 0 Å². The van der Waals surface area contributed by atoms with Crippen molar-refractivity contribution in [3.8, 4) is 0 Å². The van der Waals surface area contributed by atoms with E-state index < -0.39 is 0 Å². The second kappa shape index (κ2) is 6.75. The lowest BCUT2D eigenvalue weighted by molar-refractivity contribution is -0.0483. The molecule has 2 rings (SSSR count). The SMILES string of the molecule is CCC.CCN1CC2(CCN(C(C)C)CC2)C1. The van der Waals surface area contributed by atoms with Gasteiger partial charge < -0.3 is 9.80 Å². The van der Waals surface area contributed by atoms with Crippen LogP contribution in [-0.4, -0.2) is 48.6 Å². The van der Waals surface area contributed by atoms with Gasteiger partial charge in [0.1, 0.15) is 0 Å². The Balaban J connectivity index is 0.000000437. The predicted molar refractivity (Wildman–Crippen MR) is 76.5 cm³/mol. The summed E-state index contributed by atoms with van der Waals surface area (Å²) in [6.45, 7) is 17.8.